The van der Waals surface area contributed by atoms with Gasteiger partial charge in [0.1, 0.15) is 12.1 Å². The first-order chi connectivity index (χ1) is 12.2. The SMILES string of the molecule is O=C(Cn1ncc2c([nH]c3ccccc32)c1=O)NCCc1ccsc1. The standard InChI is InChI=1S/C18H16N4O2S/c23-16(19-7-5-12-6-8-25-11-12)10-22-18(24)17-14(9-20-22)13-3-1-2-4-15(13)21-17/h1-4,6,8-9,11,21H,5,7,10H2,(H,19,23). The molecule has 0 fully saturated rings. The van der Waals surface area contributed by atoms with Crippen LogP contribution in [0.25, 0.3) is 21.8 Å². The van der Waals surface area contributed by atoms with Crippen LogP contribution in [0.15, 0.2) is 52.1 Å². The second-order valence-corrected chi connectivity index (χ2v) is 6.58. The van der Waals surface area contributed by atoms with Gasteiger partial charge in [0.25, 0.3) is 5.56 Å². The van der Waals surface area contributed by atoms with E-state index in [0.717, 1.165) is 22.7 Å². The third-order valence-electron chi connectivity index (χ3n) is 4.13. The lowest BCUT2D eigenvalue weighted by Gasteiger charge is -2.06. The molecule has 0 saturated carbocycles. The molecule has 6 nitrogen and oxygen atoms in total. The number of hydrogen-bond donors (Lipinski definition) is 2. The Morgan fingerprint density at radius 2 is 2.12 bits per heavy atom. The molecule has 3 aromatic heterocycles. The Morgan fingerprint density at radius 3 is 2.96 bits per heavy atom. The second-order valence-electron chi connectivity index (χ2n) is 5.80. The number of carbonyl (C=O) groups is 1. The van der Waals surface area contributed by atoms with E-state index in [1.165, 1.54) is 10.2 Å². The van der Waals surface area contributed by atoms with Gasteiger partial charge in [-0.25, -0.2) is 4.68 Å². The first kappa shape index (κ1) is 15.6. The molecule has 0 aliphatic heterocycles. The van der Waals surface area contributed by atoms with Gasteiger partial charge in [-0.05, 0) is 34.9 Å². The summed E-state index contributed by atoms with van der Waals surface area (Å²) >= 11 is 1.63. The van der Waals surface area contributed by atoms with Crippen molar-refractivity contribution >= 4 is 39.0 Å². The molecule has 0 saturated heterocycles. The predicted octanol–water partition coefficient (Wildman–Crippen LogP) is 2.30. The van der Waals surface area contributed by atoms with Crippen LogP contribution in [-0.4, -0.2) is 27.2 Å². The van der Waals surface area contributed by atoms with E-state index in [2.05, 4.69) is 20.8 Å². The Labute approximate surface area is 147 Å². The second kappa shape index (κ2) is 6.52. The van der Waals surface area contributed by atoms with Crippen LogP contribution in [0.5, 0.6) is 0 Å². The van der Waals surface area contributed by atoms with Gasteiger partial charge in [0.15, 0.2) is 0 Å². The van der Waals surface area contributed by atoms with E-state index in [4.69, 9.17) is 0 Å². The largest absolute Gasteiger partial charge is 0.354 e. The fourth-order valence-corrected chi connectivity index (χ4v) is 3.56. The molecule has 25 heavy (non-hydrogen) atoms. The number of nitrogens with one attached hydrogen (secondary N) is 2. The summed E-state index contributed by atoms with van der Waals surface area (Å²) in [4.78, 5) is 27.8. The van der Waals surface area contributed by atoms with Crippen LogP contribution in [0.1, 0.15) is 5.56 Å². The Hall–Kier alpha value is -2.93. The molecular weight excluding hydrogens is 336 g/mol. The Balaban J connectivity index is 1.51. The summed E-state index contributed by atoms with van der Waals surface area (Å²) in [6.07, 6.45) is 2.41. The van der Waals surface area contributed by atoms with Crippen molar-refractivity contribution in [1.29, 1.82) is 0 Å². The third kappa shape index (κ3) is 3.06. The van der Waals surface area contributed by atoms with Crippen molar-refractivity contribution in [3.63, 3.8) is 0 Å². The number of aromatic amines is 1. The Morgan fingerprint density at radius 1 is 1.24 bits per heavy atom. The van der Waals surface area contributed by atoms with Crippen molar-refractivity contribution in [3.05, 3.63) is 63.2 Å². The molecule has 0 spiro atoms. The lowest BCUT2D eigenvalue weighted by Crippen LogP contribution is -2.34. The normalized spacial score (nSPS) is 11.2. The molecule has 0 aliphatic carbocycles. The molecule has 7 heteroatoms. The van der Waals surface area contributed by atoms with Crippen LogP contribution in [0.3, 0.4) is 0 Å². The summed E-state index contributed by atoms with van der Waals surface area (Å²) in [7, 11) is 0. The maximum atomic E-state index is 12.6. The highest BCUT2D eigenvalue weighted by Gasteiger charge is 2.12. The fraction of sp³-hybridized carbons (Fsp3) is 0.167. The zero-order valence-corrected chi connectivity index (χ0v) is 14.2. The highest BCUT2D eigenvalue weighted by atomic mass is 32.1. The molecular formula is C18H16N4O2S. The van der Waals surface area contributed by atoms with Crippen molar-refractivity contribution < 1.29 is 4.79 Å². The Bertz CT molecular complexity index is 1100. The lowest BCUT2D eigenvalue weighted by atomic mass is 10.2. The van der Waals surface area contributed by atoms with Crippen molar-refractivity contribution in [3.8, 4) is 0 Å². The number of benzene rings is 1. The minimum Gasteiger partial charge on any atom is -0.354 e. The first-order valence-electron chi connectivity index (χ1n) is 7.97. The van der Waals surface area contributed by atoms with Crippen LogP contribution in [0.4, 0.5) is 0 Å². The third-order valence-corrected chi connectivity index (χ3v) is 4.86. The van der Waals surface area contributed by atoms with Gasteiger partial charge in [0, 0.05) is 22.8 Å². The van der Waals surface area contributed by atoms with Crippen LogP contribution < -0.4 is 10.9 Å². The number of hydrogen-bond acceptors (Lipinski definition) is 4. The van der Waals surface area contributed by atoms with Gasteiger partial charge in [-0.2, -0.15) is 16.4 Å². The molecule has 4 rings (SSSR count). The summed E-state index contributed by atoms with van der Waals surface area (Å²) < 4.78 is 1.19. The molecule has 2 N–H and O–H groups in total. The molecule has 4 aromatic rings. The molecule has 1 amide bonds. The molecule has 0 unspecified atom stereocenters. The number of nitrogens with zero attached hydrogens (tertiary/aromatic N) is 2. The molecule has 0 aliphatic rings. The molecule has 0 radical (unpaired) electrons. The summed E-state index contributed by atoms with van der Waals surface area (Å²) in [5.74, 6) is -0.222. The molecule has 126 valence electrons. The lowest BCUT2D eigenvalue weighted by molar-refractivity contribution is -0.121. The van der Waals surface area contributed by atoms with E-state index >= 15 is 0 Å². The predicted molar refractivity (Wildman–Crippen MR) is 98.9 cm³/mol. The zero-order chi connectivity index (χ0) is 17.2. The average Bonchev–Trinajstić information content (AvgIpc) is 3.25. The minimum absolute atomic E-state index is 0.0895. The number of fused-ring (bicyclic) bond motifs is 3. The number of H-pyrrole nitrogens is 1. The molecule has 3 heterocycles. The molecule has 0 atom stereocenters. The Kier molecular flexibility index (Phi) is 4.07. The maximum absolute atomic E-state index is 12.6. The number of rotatable bonds is 5. The first-order valence-corrected chi connectivity index (χ1v) is 8.91. The number of thiophene rings is 1. The molecule has 1 aromatic carbocycles. The van der Waals surface area contributed by atoms with E-state index < -0.39 is 0 Å². The van der Waals surface area contributed by atoms with Crippen LogP contribution in [0.2, 0.25) is 0 Å². The van der Waals surface area contributed by atoms with Gasteiger partial charge in [-0.15, -0.1) is 0 Å². The van der Waals surface area contributed by atoms with Gasteiger partial charge < -0.3 is 10.3 Å². The number of carbonyl (C=O) groups excluding carboxylic acids is 1. The summed E-state index contributed by atoms with van der Waals surface area (Å²) in [6, 6.07) is 9.71. The highest BCUT2D eigenvalue weighted by molar-refractivity contribution is 7.07. The van der Waals surface area contributed by atoms with Crippen molar-refractivity contribution in [2.75, 3.05) is 6.54 Å². The quantitative estimate of drug-likeness (QED) is 0.578. The summed E-state index contributed by atoms with van der Waals surface area (Å²) in [6.45, 7) is 0.451. The van der Waals surface area contributed by atoms with Gasteiger partial charge in [-0.1, -0.05) is 18.2 Å². The van der Waals surface area contributed by atoms with Crippen molar-refractivity contribution in [2.24, 2.45) is 0 Å². The molecule has 0 bridgehead atoms. The highest BCUT2D eigenvalue weighted by Crippen LogP contribution is 2.21. The topological polar surface area (TPSA) is 79.8 Å². The van der Waals surface area contributed by atoms with E-state index in [1.54, 1.807) is 17.5 Å². The van der Waals surface area contributed by atoms with E-state index in [1.807, 2.05) is 35.7 Å². The smallest absolute Gasteiger partial charge is 0.291 e. The fourth-order valence-electron chi connectivity index (χ4n) is 2.86. The van der Waals surface area contributed by atoms with Crippen LogP contribution in [0, 0.1) is 0 Å². The zero-order valence-electron chi connectivity index (χ0n) is 13.4. The minimum atomic E-state index is -0.290. The van der Waals surface area contributed by atoms with Crippen LogP contribution >= 0.6 is 11.3 Å². The average molecular weight is 352 g/mol. The summed E-state index contributed by atoms with van der Waals surface area (Å²) in [5.41, 5.74) is 2.26. The van der Waals surface area contributed by atoms with Gasteiger partial charge >= 0.3 is 0 Å². The number of amides is 1. The van der Waals surface area contributed by atoms with Gasteiger partial charge in [0.05, 0.1) is 6.20 Å². The van der Waals surface area contributed by atoms with E-state index in [-0.39, 0.29) is 18.0 Å². The number of para-hydroxylation sites is 1. The maximum Gasteiger partial charge on any atom is 0.291 e. The van der Waals surface area contributed by atoms with Crippen LogP contribution in [-0.2, 0) is 17.8 Å². The van der Waals surface area contributed by atoms with Gasteiger partial charge in [-0.3, -0.25) is 9.59 Å². The number of aromatic nitrogens is 3. The van der Waals surface area contributed by atoms with Crippen molar-refractivity contribution in [1.82, 2.24) is 20.1 Å². The van der Waals surface area contributed by atoms with E-state index in [0.29, 0.717) is 12.1 Å². The summed E-state index contributed by atoms with van der Waals surface area (Å²) in [5, 5.41) is 12.8. The monoisotopic (exact) mass is 352 g/mol. The van der Waals surface area contributed by atoms with E-state index in [9.17, 15) is 9.59 Å². The van der Waals surface area contributed by atoms with Gasteiger partial charge in [0.2, 0.25) is 5.91 Å². The van der Waals surface area contributed by atoms with Crippen molar-refractivity contribution in [2.45, 2.75) is 13.0 Å².